The Bertz CT molecular complexity index is 331. The van der Waals surface area contributed by atoms with E-state index < -0.39 is 0 Å². The van der Waals surface area contributed by atoms with Crippen molar-refractivity contribution >= 4 is 0 Å². The van der Waals surface area contributed by atoms with E-state index in [2.05, 4.69) is 36.1 Å². The maximum absolute atomic E-state index is 9.57. The van der Waals surface area contributed by atoms with E-state index in [0.717, 1.165) is 12.4 Å². The fourth-order valence-corrected chi connectivity index (χ4v) is 1.20. The molecule has 0 bridgehead atoms. The highest BCUT2D eigenvalue weighted by Crippen LogP contribution is 2.21. The molecule has 0 aliphatic heterocycles. The van der Waals surface area contributed by atoms with E-state index >= 15 is 0 Å². The summed E-state index contributed by atoms with van der Waals surface area (Å²) in [4.78, 5) is 8.52. The van der Waals surface area contributed by atoms with Gasteiger partial charge in [-0.2, -0.15) is 0 Å². The molecule has 0 saturated carbocycles. The highest BCUT2D eigenvalue weighted by atomic mass is 16.3. The van der Waals surface area contributed by atoms with Gasteiger partial charge in [0.05, 0.1) is 11.9 Å². The summed E-state index contributed by atoms with van der Waals surface area (Å²) in [6.45, 7) is 6.97. The van der Waals surface area contributed by atoms with Crippen molar-refractivity contribution < 1.29 is 5.11 Å². The van der Waals surface area contributed by atoms with Crippen LogP contribution in [-0.2, 0) is 11.8 Å². The van der Waals surface area contributed by atoms with Crippen LogP contribution in [0.4, 0.5) is 0 Å². The van der Waals surface area contributed by atoms with Crippen molar-refractivity contribution in [3.05, 3.63) is 17.7 Å². The first-order valence-electron chi connectivity index (χ1n) is 5.15. The Morgan fingerprint density at radius 3 is 2.60 bits per heavy atom. The number of rotatable bonds is 3. The second-order valence-electron chi connectivity index (χ2n) is 4.63. The predicted octanol–water partition coefficient (Wildman–Crippen LogP) is 1.24. The molecule has 1 aromatic rings. The second kappa shape index (κ2) is 4.57. The Morgan fingerprint density at radius 1 is 1.40 bits per heavy atom. The van der Waals surface area contributed by atoms with Crippen LogP contribution in [0.3, 0.4) is 0 Å². The molecule has 4 nitrogen and oxygen atoms in total. The van der Waals surface area contributed by atoms with Crippen molar-refractivity contribution in [1.82, 2.24) is 15.3 Å². The topological polar surface area (TPSA) is 58.0 Å². The molecular formula is C11H19N3O. The summed E-state index contributed by atoms with van der Waals surface area (Å²) in [5.41, 5.74) is 0.631. The summed E-state index contributed by atoms with van der Waals surface area (Å²) in [7, 11) is 1.88. The second-order valence-corrected chi connectivity index (χ2v) is 4.63. The monoisotopic (exact) mass is 209 g/mol. The van der Waals surface area contributed by atoms with Gasteiger partial charge in [0.2, 0.25) is 0 Å². The van der Waals surface area contributed by atoms with Gasteiger partial charge < -0.3 is 10.4 Å². The van der Waals surface area contributed by atoms with Gasteiger partial charge in [0.25, 0.3) is 0 Å². The third-order valence-corrected chi connectivity index (χ3v) is 2.13. The standard InChI is InChI=1S/C11H19N3O/c1-11(2,3)10-13-7-9(15)8(14-10)5-6-12-4/h7,12,15H,5-6H2,1-4H3. The minimum Gasteiger partial charge on any atom is -0.504 e. The van der Waals surface area contributed by atoms with Crippen LogP contribution in [0, 0.1) is 0 Å². The lowest BCUT2D eigenvalue weighted by Crippen LogP contribution is -2.18. The molecule has 4 heteroatoms. The third-order valence-electron chi connectivity index (χ3n) is 2.13. The Balaban J connectivity index is 2.95. The molecule has 0 aromatic carbocycles. The Kier molecular flexibility index (Phi) is 3.63. The number of aromatic nitrogens is 2. The van der Waals surface area contributed by atoms with Crippen molar-refractivity contribution in [1.29, 1.82) is 0 Å². The first-order valence-corrected chi connectivity index (χ1v) is 5.15. The number of aromatic hydroxyl groups is 1. The van der Waals surface area contributed by atoms with Gasteiger partial charge in [-0.05, 0) is 7.05 Å². The average Bonchev–Trinajstić information content (AvgIpc) is 2.15. The van der Waals surface area contributed by atoms with Gasteiger partial charge in [0, 0.05) is 18.4 Å². The number of nitrogens with one attached hydrogen (secondary N) is 1. The summed E-state index contributed by atoms with van der Waals surface area (Å²) in [6.07, 6.45) is 2.20. The molecule has 2 N–H and O–H groups in total. The van der Waals surface area contributed by atoms with Crippen LogP contribution in [0.5, 0.6) is 5.75 Å². The minimum atomic E-state index is -0.0813. The molecule has 1 rings (SSSR count). The molecule has 15 heavy (non-hydrogen) atoms. The van der Waals surface area contributed by atoms with Crippen LogP contribution in [0.15, 0.2) is 6.20 Å². The lowest BCUT2D eigenvalue weighted by atomic mass is 9.95. The zero-order valence-corrected chi connectivity index (χ0v) is 9.83. The third kappa shape index (κ3) is 3.16. The van der Waals surface area contributed by atoms with Crippen molar-refractivity contribution in [2.45, 2.75) is 32.6 Å². The number of hydrogen-bond donors (Lipinski definition) is 2. The first-order chi connectivity index (χ1) is 6.95. The fraction of sp³-hybridized carbons (Fsp3) is 0.636. The van der Waals surface area contributed by atoms with E-state index in [1.54, 1.807) is 0 Å². The number of nitrogens with zero attached hydrogens (tertiary/aromatic N) is 2. The first kappa shape index (κ1) is 11.9. The van der Waals surface area contributed by atoms with Crippen LogP contribution in [0.2, 0.25) is 0 Å². The van der Waals surface area contributed by atoms with E-state index in [9.17, 15) is 5.11 Å². The van der Waals surface area contributed by atoms with Gasteiger partial charge in [0.1, 0.15) is 5.82 Å². The fourth-order valence-electron chi connectivity index (χ4n) is 1.20. The molecule has 0 aliphatic carbocycles. The molecular weight excluding hydrogens is 190 g/mol. The molecule has 0 saturated heterocycles. The summed E-state index contributed by atoms with van der Waals surface area (Å²) < 4.78 is 0. The summed E-state index contributed by atoms with van der Waals surface area (Å²) >= 11 is 0. The predicted molar refractivity (Wildman–Crippen MR) is 60.0 cm³/mol. The smallest absolute Gasteiger partial charge is 0.155 e. The van der Waals surface area contributed by atoms with Crippen LogP contribution < -0.4 is 5.32 Å². The molecule has 1 aromatic heterocycles. The molecule has 0 unspecified atom stereocenters. The molecule has 0 spiro atoms. The van der Waals surface area contributed by atoms with Gasteiger partial charge in [0.15, 0.2) is 5.75 Å². The molecule has 84 valence electrons. The molecule has 0 aliphatic rings. The van der Waals surface area contributed by atoms with Gasteiger partial charge in [-0.25, -0.2) is 9.97 Å². The van der Waals surface area contributed by atoms with Crippen LogP contribution >= 0.6 is 0 Å². The summed E-state index contributed by atoms with van der Waals surface area (Å²) in [6, 6.07) is 0. The highest BCUT2D eigenvalue weighted by molar-refractivity contribution is 5.24. The lowest BCUT2D eigenvalue weighted by molar-refractivity contribution is 0.451. The van der Waals surface area contributed by atoms with Gasteiger partial charge in [-0.1, -0.05) is 20.8 Å². The molecule has 0 radical (unpaired) electrons. The van der Waals surface area contributed by atoms with Gasteiger partial charge in [-0.15, -0.1) is 0 Å². The minimum absolute atomic E-state index is 0.0813. The molecule has 0 amide bonds. The van der Waals surface area contributed by atoms with Crippen LogP contribution in [0.25, 0.3) is 0 Å². The van der Waals surface area contributed by atoms with Crippen LogP contribution in [-0.4, -0.2) is 28.7 Å². The Morgan fingerprint density at radius 2 is 2.07 bits per heavy atom. The van der Waals surface area contributed by atoms with E-state index in [-0.39, 0.29) is 11.2 Å². The quantitative estimate of drug-likeness (QED) is 0.786. The molecule has 0 fully saturated rings. The Labute approximate surface area is 90.8 Å². The molecule has 1 heterocycles. The summed E-state index contributed by atoms with van der Waals surface area (Å²) in [5.74, 6) is 0.949. The average molecular weight is 209 g/mol. The largest absolute Gasteiger partial charge is 0.504 e. The van der Waals surface area contributed by atoms with E-state index in [1.165, 1.54) is 6.20 Å². The summed E-state index contributed by atoms with van der Waals surface area (Å²) in [5, 5.41) is 12.6. The van der Waals surface area contributed by atoms with Gasteiger partial charge in [-0.3, -0.25) is 0 Å². The Hall–Kier alpha value is -1.16. The van der Waals surface area contributed by atoms with Crippen molar-refractivity contribution in [3.8, 4) is 5.75 Å². The van der Waals surface area contributed by atoms with Gasteiger partial charge >= 0.3 is 0 Å². The van der Waals surface area contributed by atoms with Crippen molar-refractivity contribution in [2.75, 3.05) is 13.6 Å². The van der Waals surface area contributed by atoms with E-state index in [1.807, 2.05) is 7.05 Å². The van der Waals surface area contributed by atoms with Crippen molar-refractivity contribution in [2.24, 2.45) is 0 Å². The van der Waals surface area contributed by atoms with Crippen molar-refractivity contribution in [3.63, 3.8) is 0 Å². The number of hydrogen-bond acceptors (Lipinski definition) is 4. The molecule has 0 atom stereocenters. The SMILES string of the molecule is CNCCc1nc(C(C)(C)C)ncc1O. The zero-order chi connectivity index (χ0) is 11.5. The zero-order valence-electron chi connectivity index (χ0n) is 9.83. The normalized spacial score (nSPS) is 11.7. The maximum Gasteiger partial charge on any atom is 0.155 e. The number of likely N-dealkylation sites (N-methyl/N-ethyl adjacent to an activating group) is 1. The van der Waals surface area contributed by atoms with E-state index in [0.29, 0.717) is 12.1 Å². The lowest BCUT2D eigenvalue weighted by Gasteiger charge is -2.17. The maximum atomic E-state index is 9.57. The van der Waals surface area contributed by atoms with E-state index in [4.69, 9.17) is 0 Å². The highest BCUT2D eigenvalue weighted by Gasteiger charge is 2.18. The van der Waals surface area contributed by atoms with Crippen LogP contribution in [0.1, 0.15) is 32.3 Å².